The third-order valence-electron chi connectivity index (χ3n) is 1.14. The van der Waals surface area contributed by atoms with Crippen LogP contribution in [0.3, 0.4) is 0 Å². The Hall–Kier alpha value is -0.660. The maximum absolute atomic E-state index is 5.29. The minimum atomic E-state index is 0.202. The van der Waals surface area contributed by atoms with E-state index >= 15 is 0 Å². The Morgan fingerprint density at radius 2 is 1.92 bits per heavy atom. The van der Waals surface area contributed by atoms with E-state index in [1.807, 2.05) is 13.8 Å². The van der Waals surface area contributed by atoms with E-state index in [1.165, 1.54) is 0 Å². The SMILES string of the molecule is CCNC(=S)NN(CC)NC(N)=S. The molecule has 13 heavy (non-hydrogen) atoms. The number of hydrazine groups is 2. The second kappa shape index (κ2) is 6.81. The van der Waals surface area contributed by atoms with Gasteiger partial charge in [-0.05, 0) is 38.3 Å². The molecule has 7 heteroatoms. The van der Waals surface area contributed by atoms with Crippen molar-refractivity contribution in [3.05, 3.63) is 0 Å². The molecule has 0 aliphatic rings. The molecule has 0 bridgehead atoms. The summed E-state index contributed by atoms with van der Waals surface area (Å²) in [6, 6.07) is 0. The van der Waals surface area contributed by atoms with E-state index in [0.29, 0.717) is 11.7 Å². The number of hydrogen-bond donors (Lipinski definition) is 4. The minimum absolute atomic E-state index is 0.202. The maximum atomic E-state index is 5.29. The average molecular weight is 221 g/mol. The van der Waals surface area contributed by atoms with Gasteiger partial charge in [0.2, 0.25) is 0 Å². The van der Waals surface area contributed by atoms with Crippen molar-refractivity contribution in [2.45, 2.75) is 13.8 Å². The van der Waals surface area contributed by atoms with E-state index in [0.717, 1.165) is 6.54 Å². The lowest BCUT2D eigenvalue weighted by Crippen LogP contribution is -2.56. The first-order chi connectivity index (χ1) is 6.10. The van der Waals surface area contributed by atoms with Crippen molar-refractivity contribution in [1.29, 1.82) is 0 Å². The van der Waals surface area contributed by atoms with Gasteiger partial charge in [-0.25, -0.2) is 0 Å². The highest BCUT2D eigenvalue weighted by Crippen LogP contribution is 1.75. The molecule has 0 spiro atoms. The van der Waals surface area contributed by atoms with Gasteiger partial charge in [-0.1, -0.05) is 0 Å². The summed E-state index contributed by atoms with van der Waals surface area (Å²) >= 11 is 9.64. The van der Waals surface area contributed by atoms with Crippen LogP contribution in [0.25, 0.3) is 0 Å². The van der Waals surface area contributed by atoms with E-state index in [2.05, 4.69) is 28.4 Å². The van der Waals surface area contributed by atoms with Crippen molar-refractivity contribution in [3.8, 4) is 0 Å². The summed E-state index contributed by atoms with van der Waals surface area (Å²) in [5.74, 6) is 0. The largest absolute Gasteiger partial charge is 0.375 e. The van der Waals surface area contributed by atoms with E-state index in [9.17, 15) is 0 Å². The Bertz CT molecular complexity index is 184. The molecule has 0 aromatic carbocycles. The van der Waals surface area contributed by atoms with Crippen molar-refractivity contribution in [1.82, 2.24) is 21.3 Å². The van der Waals surface area contributed by atoms with E-state index in [1.54, 1.807) is 5.12 Å². The van der Waals surface area contributed by atoms with Gasteiger partial charge >= 0.3 is 0 Å². The molecule has 0 rings (SSSR count). The number of rotatable bonds is 4. The van der Waals surface area contributed by atoms with Crippen LogP contribution < -0.4 is 21.9 Å². The molecule has 0 aliphatic carbocycles. The molecule has 0 saturated heterocycles. The summed E-state index contributed by atoms with van der Waals surface area (Å²) in [7, 11) is 0. The second-order valence-corrected chi connectivity index (χ2v) is 3.04. The molecule has 0 radical (unpaired) electrons. The maximum Gasteiger partial charge on any atom is 0.182 e. The van der Waals surface area contributed by atoms with Crippen LogP contribution in [0.15, 0.2) is 0 Å². The summed E-state index contributed by atoms with van der Waals surface area (Å²) in [4.78, 5) is 0. The smallest absolute Gasteiger partial charge is 0.182 e. The molecule has 0 fully saturated rings. The summed E-state index contributed by atoms with van der Waals surface area (Å²) < 4.78 is 0. The number of thiocarbonyl (C=S) groups is 2. The Morgan fingerprint density at radius 3 is 2.31 bits per heavy atom. The van der Waals surface area contributed by atoms with Gasteiger partial charge in [-0.2, -0.15) is 0 Å². The molecule has 5 N–H and O–H groups in total. The highest BCUT2D eigenvalue weighted by Gasteiger charge is 2.02. The van der Waals surface area contributed by atoms with Crippen LogP contribution in [0.4, 0.5) is 0 Å². The molecule has 0 saturated carbocycles. The van der Waals surface area contributed by atoms with Gasteiger partial charge in [0.1, 0.15) is 0 Å². The monoisotopic (exact) mass is 221 g/mol. The highest BCUT2D eigenvalue weighted by atomic mass is 32.1. The molecule has 0 amide bonds. The molecular formula is C6H15N5S2. The Balaban J connectivity index is 3.83. The lowest BCUT2D eigenvalue weighted by molar-refractivity contribution is 0.207. The second-order valence-electron chi connectivity index (χ2n) is 2.19. The first-order valence-electron chi connectivity index (χ1n) is 3.98. The minimum Gasteiger partial charge on any atom is -0.375 e. The van der Waals surface area contributed by atoms with Crippen LogP contribution >= 0.6 is 24.4 Å². The van der Waals surface area contributed by atoms with Crippen molar-refractivity contribution in [3.63, 3.8) is 0 Å². The quantitative estimate of drug-likeness (QED) is 0.375. The van der Waals surface area contributed by atoms with Crippen molar-refractivity contribution < 1.29 is 0 Å². The molecule has 76 valence electrons. The Morgan fingerprint density at radius 1 is 1.31 bits per heavy atom. The first-order valence-corrected chi connectivity index (χ1v) is 4.79. The van der Waals surface area contributed by atoms with Crippen LogP contribution in [0.1, 0.15) is 13.8 Å². The summed E-state index contributed by atoms with van der Waals surface area (Å²) in [6.07, 6.45) is 0. The van der Waals surface area contributed by atoms with Crippen LogP contribution in [-0.2, 0) is 0 Å². The van der Waals surface area contributed by atoms with Crippen molar-refractivity contribution in [2.75, 3.05) is 13.1 Å². The summed E-state index contributed by atoms with van der Waals surface area (Å²) in [6.45, 7) is 5.36. The number of nitrogens with two attached hydrogens (primary N) is 1. The fraction of sp³-hybridized carbons (Fsp3) is 0.667. The fourth-order valence-electron chi connectivity index (χ4n) is 0.642. The van der Waals surface area contributed by atoms with Gasteiger partial charge in [0.15, 0.2) is 10.2 Å². The van der Waals surface area contributed by atoms with Gasteiger partial charge < -0.3 is 11.1 Å². The standard InChI is InChI=1S/C6H15N5S2/c1-3-8-6(13)10-11(4-2)9-5(7)12/h3-4H2,1-2H3,(H3,7,9,12)(H2,8,10,13). The van der Waals surface area contributed by atoms with Crippen molar-refractivity contribution >= 4 is 34.7 Å². The summed E-state index contributed by atoms with van der Waals surface area (Å²) in [5.41, 5.74) is 10.9. The molecule has 0 aliphatic heterocycles. The average Bonchev–Trinajstić information content (AvgIpc) is 2.02. The molecular weight excluding hydrogens is 206 g/mol. The number of nitrogens with one attached hydrogen (secondary N) is 3. The van der Waals surface area contributed by atoms with Gasteiger partial charge in [0.05, 0.1) is 0 Å². The third kappa shape index (κ3) is 6.50. The predicted molar refractivity (Wildman–Crippen MR) is 61.7 cm³/mol. The van der Waals surface area contributed by atoms with Gasteiger partial charge in [-0.3, -0.25) is 10.9 Å². The zero-order valence-electron chi connectivity index (χ0n) is 7.76. The number of hydrogen-bond acceptors (Lipinski definition) is 3. The van der Waals surface area contributed by atoms with Crippen LogP contribution in [0, 0.1) is 0 Å². The normalized spacial score (nSPS) is 9.46. The topological polar surface area (TPSA) is 65.3 Å². The van der Waals surface area contributed by atoms with E-state index in [4.69, 9.17) is 18.0 Å². The zero-order chi connectivity index (χ0) is 10.3. The van der Waals surface area contributed by atoms with Crippen molar-refractivity contribution in [2.24, 2.45) is 5.73 Å². The Kier molecular flexibility index (Phi) is 6.47. The third-order valence-corrected chi connectivity index (χ3v) is 1.46. The van der Waals surface area contributed by atoms with Gasteiger partial charge in [0, 0.05) is 13.1 Å². The van der Waals surface area contributed by atoms with Crippen LogP contribution in [0.5, 0.6) is 0 Å². The molecule has 0 heterocycles. The first kappa shape index (κ1) is 12.3. The van der Waals surface area contributed by atoms with E-state index < -0.39 is 0 Å². The Labute approximate surface area is 89.0 Å². The molecule has 0 aromatic rings. The molecule has 0 unspecified atom stereocenters. The fourth-order valence-corrected chi connectivity index (χ4v) is 1.01. The van der Waals surface area contributed by atoms with E-state index in [-0.39, 0.29) is 5.11 Å². The number of nitrogens with zero attached hydrogens (tertiary/aromatic N) is 1. The highest BCUT2D eigenvalue weighted by molar-refractivity contribution is 7.80. The van der Waals surface area contributed by atoms with Gasteiger partial charge in [-0.15, -0.1) is 5.12 Å². The molecule has 0 aromatic heterocycles. The zero-order valence-corrected chi connectivity index (χ0v) is 9.39. The molecule has 5 nitrogen and oxygen atoms in total. The molecule has 0 atom stereocenters. The van der Waals surface area contributed by atoms with Crippen LogP contribution in [-0.4, -0.2) is 28.4 Å². The van der Waals surface area contributed by atoms with Crippen LogP contribution in [0.2, 0.25) is 0 Å². The van der Waals surface area contributed by atoms with Gasteiger partial charge in [0.25, 0.3) is 0 Å². The lowest BCUT2D eigenvalue weighted by atomic mass is 10.7. The predicted octanol–water partition coefficient (Wildman–Crippen LogP) is -0.544. The lowest BCUT2D eigenvalue weighted by Gasteiger charge is -2.23. The summed E-state index contributed by atoms with van der Waals surface area (Å²) in [5, 5.41) is 5.28.